The van der Waals surface area contributed by atoms with Crippen LogP contribution in [0.4, 0.5) is 10.1 Å². The zero-order valence-electron chi connectivity index (χ0n) is 11.9. The summed E-state index contributed by atoms with van der Waals surface area (Å²) in [4.78, 5) is 32.8. The lowest BCUT2D eigenvalue weighted by molar-refractivity contribution is -0.387. The van der Waals surface area contributed by atoms with Crippen molar-refractivity contribution in [2.75, 3.05) is 6.54 Å². The maximum absolute atomic E-state index is 13.4. The van der Waals surface area contributed by atoms with Crippen LogP contribution in [0.5, 0.6) is 0 Å². The Balaban J connectivity index is 2.67. The highest BCUT2D eigenvalue weighted by atomic mass is 19.1. The van der Waals surface area contributed by atoms with E-state index < -0.39 is 33.8 Å². The van der Waals surface area contributed by atoms with E-state index in [1.165, 1.54) is 0 Å². The number of hydrogen-bond acceptors (Lipinski definition) is 4. The van der Waals surface area contributed by atoms with Crippen molar-refractivity contribution < 1.29 is 18.9 Å². The van der Waals surface area contributed by atoms with Gasteiger partial charge in [0.2, 0.25) is 11.7 Å². The van der Waals surface area contributed by atoms with E-state index in [0.717, 1.165) is 18.2 Å². The van der Waals surface area contributed by atoms with Gasteiger partial charge in [-0.3, -0.25) is 19.7 Å². The Morgan fingerprint density at radius 1 is 1.33 bits per heavy atom. The summed E-state index contributed by atoms with van der Waals surface area (Å²) in [5.41, 5.74) is -1.24. The third kappa shape index (κ3) is 5.17. The summed E-state index contributed by atoms with van der Waals surface area (Å²) in [6, 6.07) is 2.78. The number of rotatable bonds is 4. The normalized spacial score (nSPS) is 10.9. The summed E-state index contributed by atoms with van der Waals surface area (Å²) in [5.74, 6) is -2.18. The number of nitrogens with one attached hydrogen (secondary N) is 2. The molecule has 0 radical (unpaired) electrons. The molecular formula is C13H16FN3O4. The average molecular weight is 297 g/mol. The predicted molar refractivity (Wildman–Crippen MR) is 73.3 cm³/mol. The molecule has 0 saturated carbocycles. The van der Waals surface area contributed by atoms with Gasteiger partial charge in [-0.25, -0.2) is 0 Å². The molecule has 0 saturated heterocycles. The van der Waals surface area contributed by atoms with Crippen LogP contribution in [-0.2, 0) is 4.79 Å². The number of benzene rings is 1. The van der Waals surface area contributed by atoms with Crippen LogP contribution in [0.3, 0.4) is 0 Å². The fourth-order valence-corrected chi connectivity index (χ4v) is 1.52. The summed E-state index contributed by atoms with van der Waals surface area (Å²) in [6.07, 6.45) is 0. The largest absolute Gasteiger partial charge is 0.350 e. The first kappa shape index (κ1) is 16.5. The summed E-state index contributed by atoms with van der Waals surface area (Å²) >= 11 is 0. The molecule has 7 nitrogen and oxygen atoms in total. The lowest BCUT2D eigenvalue weighted by atomic mass is 10.1. The van der Waals surface area contributed by atoms with E-state index in [4.69, 9.17) is 0 Å². The lowest BCUT2D eigenvalue weighted by Gasteiger charge is -2.20. The molecule has 0 unspecified atom stereocenters. The molecule has 0 atom stereocenters. The van der Waals surface area contributed by atoms with E-state index in [1.54, 1.807) is 20.8 Å². The maximum Gasteiger partial charge on any atom is 0.304 e. The van der Waals surface area contributed by atoms with Crippen molar-refractivity contribution in [2.24, 2.45) is 0 Å². The lowest BCUT2D eigenvalue weighted by Crippen LogP contribution is -2.45. The van der Waals surface area contributed by atoms with Crippen molar-refractivity contribution in [3.8, 4) is 0 Å². The Labute approximate surface area is 120 Å². The SMILES string of the molecule is CC(C)(C)NC(=O)CNC(=O)c1ccc([N+](=O)[O-])c(F)c1. The molecule has 2 amide bonds. The smallest absolute Gasteiger partial charge is 0.304 e. The summed E-state index contributed by atoms with van der Waals surface area (Å²) in [7, 11) is 0. The van der Waals surface area contributed by atoms with E-state index in [1.807, 2.05) is 0 Å². The molecule has 0 fully saturated rings. The first-order valence-corrected chi connectivity index (χ1v) is 6.13. The molecule has 0 aromatic heterocycles. The van der Waals surface area contributed by atoms with Crippen LogP contribution in [-0.4, -0.2) is 28.8 Å². The first-order valence-electron chi connectivity index (χ1n) is 6.13. The summed E-state index contributed by atoms with van der Waals surface area (Å²) in [6.45, 7) is 5.10. The second-order valence-electron chi connectivity index (χ2n) is 5.40. The van der Waals surface area contributed by atoms with E-state index in [9.17, 15) is 24.1 Å². The molecule has 0 spiro atoms. The van der Waals surface area contributed by atoms with Gasteiger partial charge >= 0.3 is 5.69 Å². The van der Waals surface area contributed by atoms with Gasteiger partial charge in [0.05, 0.1) is 11.5 Å². The Kier molecular flexibility index (Phi) is 4.96. The maximum atomic E-state index is 13.4. The minimum atomic E-state index is -1.10. The fraction of sp³-hybridized carbons (Fsp3) is 0.385. The minimum absolute atomic E-state index is 0.0957. The second kappa shape index (κ2) is 6.29. The molecule has 1 rings (SSSR count). The van der Waals surface area contributed by atoms with Crippen molar-refractivity contribution in [3.63, 3.8) is 0 Å². The van der Waals surface area contributed by atoms with Crippen molar-refractivity contribution in [2.45, 2.75) is 26.3 Å². The highest BCUT2D eigenvalue weighted by molar-refractivity contribution is 5.96. The van der Waals surface area contributed by atoms with Crippen LogP contribution in [0.25, 0.3) is 0 Å². The van der Waals surface area contributed by atoms with E-state index in [-0.39, 0.29) is 12.1 Å². The van der Waals surface area contributed by atoms with Gasteiger partial charge in [0.1, 0.15) is 0 Å². The molecule has 8 heteroatoms. The topological polar surface area (TPSA) is 101 Å². The highest BCUT2D eigenvalue weighted by Gasteiger charge is 2.18. The molecular weight excluding hydrogens is 281 g/mol. The number of nitro benzene ring substituents is 1. The van der Waals surface area contributed by atoms with Crippen molar-refractivity contribution in [1.29, 1.82) is 0 Å². The van der Waals surface area contributed by atoms with Gasteiger partial charge in [-0.15, -0.1) is 0 Å². The van der Waals surface area contributed by atoms with Crippen LogP contribution in [0.2, 0.25) is 0 Å². The van der Waals surface area contributed by atoms with Gasteiger partial charge in [0, 0.05) is 17.2 Å². The second-order valence-corrected chi connectivity index (χ2v) is 5.40. The fourth-order valence-electron chi connectivity index (χ4n) is 1.52. The number of nitro groups is 1. The molecule has 1 aromatic rings. The van der Waals surface area contributed by atoms with Crippen molar-refractivity contribution >= 4 is 17.5 Å². The van der Waals surface area contributed by atoms with Crippen molar-refractivity contribution in [1.82, 2.24) is 10.6 Å². The third-order valence-corrected chi connectivity index (χ3v) is 2.33. The summed E-state index contributed by atoms with van der Waals surface area (Å²) in [5, 5.41) is 15.4. The third-order valence-electron chi connectivity index (χ3n) is 2.33. The summed E-state index contributed by atoms with van der Waals surface area (Å²) < 4.78 is 13.4. The van der Waals surface area contributed by atoms with Gasteiger partial charge in [-0.05, 0) is 32.9 Å². The number of carbonyl (C=O) groups is 2. The molecule has 0 bridgehead atoms. The average Bonchev–Trinajstić information content (AvgIpc) is 2.33. The quantitative estimate of drug-likeness (QED) is 0.647. The van der Waals surface area contributed by atoms with E-state index in [2.05, 4.69) is 10.6 Å². The zero-order chi connectivity index (χ0) is 16.2. The van der Waals surface area contributed by atoms with Gasteiger partial charge in [-0.1, -0.05) is 0 Å². The minimum Gasteiger partial charge on any atom is -0.350 e. The monoisotopic (exact) mass is 297 g/mol. The zero-order valence-corrected chi connectivity index (χ0v) is 11.9. The van der Waals surface area contributed by atoms with Crippen LogP contribution < -0.4 is 10.6 Å². The predicted octanol–water partition coefficient (Wildman–Crippen LogP) is 1.38. The van der Waals surface area contributed by atoms with Crippen LogP contribution >= 0.6 is 0 Å². The standard InChI is InChI=1S/C13H16FN3O4/c1-13(2,3)16-11(18)7-15-12(19)8-4-5-10(17(20)21)9(14)6-8/h4-6H,7H2,1-3H3,(H,15,19)(H,16,18). The van der Waals surface area contributed by atoms with Crippen LogP contribution in [0.1, 0.15) is 31.1 Å². The van der Waals surface area contributed by atoms with E-state index >= 15 is 0 Å². The van der Waals surface area contributed by atoms with Gasteiger partial charge in [0.15, 0.2) is 0 Å². The van der Waals surface area contributed by atoms with Gasteiger partial charge in [0.25, 0.3) is 5.91 Å². The molecule has 0 aliphatic heterocycles. The van der Waals surface area contributed by atoms with Crippen LogP contribution in [0.15, 0.2) is 18.2 Å². The molecule has 1 aromatic carbocycles. The highest BCUT2D eigenvalue weighted by Crippen LogP contribution is 2.17. The molecule has 0 heterocycles. The van der Waals surface area contributed by atoms with Crippen LogP contribution in [0, 0.1) is 15.9 Å². The Hall–Kier alpha value is -2.51. The van der Waals surface area contributed by atoms with E-state index in [0.29, 0.717) is 0 Å². The number of nitrogens with zero attached hydrogens (tertiary/aromatic N) is 1. The Morgan fingerprint density at radius 2 is 1.95 bits per heavy atom. The molecule has 0 aliphatic rings. The molecule has 2 N–H and O–H groups in total. The Bertz CT molecular complexity index is 581. The van der Waals surface area contributed by atoms with Gasteiger partial charge < -0.3 is 10.6 Å². The number of amides is 2. The van der Waals surface area contributed by atoms with Crippen molar-refractivity contribution in [3.05, 3.63) is 39.7 Å². The number of halogens is 1. The molecule has 114 valence electrons. The number of hydrogen-bond donors (Lipinski definition) is 2. The molecule has 21 heavy (non-hydrogen) atoms. The first-order chi connectivity index (χ1) is 9.60. The molecule has 0 aliphatic carbocycles. The van der Waals surface area contributed by atoms with Gasteiger partial charge in [-0.2, -0.15) is 4.39 Å². The number of carbonyl (C=O) groups excluding carboxylic acids is 2. The Morgan fingerprint density at radius 3 is 2.43 bits per heavy atom.